The Morgan fingerprint density at radius 2 is 2.71 bits per heavy atom. The summed E-state index contributed by atoms with van der Waals surface area (Å²) >= 11 is 0. The Hall–Kier alpha value is -0.600. The molecule has 1 aliphatic rings. The van der Waals surface area contributed by atoms with E-state index in [0.29, 0.717) is 0 Å². The van der Waals surface area contributed by atoms with Gasteiger partial charge in [-0.3, -0.25) is 0 Å². The van der Waals surface area contributed by atoms with Gasteiger partial charge in [0.25, 0.3) is 6.40 Å². The molecule has 0 aromatic carbocycles. The minimum atomic E-state index is -0.549. The molecule has 3 heteroatoms. The third kappa shape index (κ3) is 0.885. The van der Waals surface area contributed by atoms with E-state index in [1.165, 1.54) is 0 Å². The van der Waals surface area contributed by atoms with Crippen LogP contribution in [0.3, 0.4) is 0 Å². The maximum absolute atomic E-state index is 11.4. The summed E-state index contributed by atoms with van der Waals surface area (Å²) in [5.41, 5.74) is 0. The summed E-state index contributed by atoms with van der Waals surface area (Å²) in [6, 6.07) is -0.528. The van der Waals surface area contributed by atoms with Gasteiger partial charge in [-0.15, -0.1) is 0 Å². The highest BCUT2D eigenvalue weighted by atomic mass is 19.1. The van der Waals surface area contributed by atoms with Crippen LogP contribution in [0.15, 0.2) is 4.99 Å². The van der Waals surface area contributed by atoms with E-state index in [0.717, 1.165) is 0 Å². The van der Waals surface area contributed by atoms with Gasteiger partial charge in [-0.1, -0.05) is 0 Å². The third-order valence-corrected chi connectivity index (χ3v) is 0.595. The summed E-state index contributed by atoms with van der Waals surface area (Å²) in [7, 11) is 0. The van der Waals surface area contributed by atoms with Gasteiger partial charge in [0.1, 0.15) is 12.7 Å². The lowest BCUT2D eigenvalue weighted by Crippen LogP contribution is -2.01. The molecule has 0 aromatic heterocycles. The van der Waals surface area contributed by atoms with E-state index in [-0.39, 0.29) is 0 Å². The molecule has 0 saturated heterocycles. The van der Waals surface area contributed by atoms with Crippen LogP contribution < -0.4 is 0 Å². The summed E-state index contributed by atoms with van der Waals surface area (Å²) in [4.78, 5) is 3.40. The molecule has 7 heavy (non-hydrogen) atoms. The van der Waals surface area contributed by atoms with Gasteiger partial charge in [-0.25, -0.2) is 9.38 Å². The highest BCUT2D eigenvalue weighted by Crippen LogP contribution is 2.02. The number of ether oxygens (including phenoxy) is 1. The van der Waals surface area contributed by atoms with E-state index in [4.69, 9.17) is 0 Å². The van der Waals surface area contributed by atoms with Crippen molar-refractivity contribution in [1.29, 1.82) is 0 Å². The quantitative estimate of drug-likeness (QED) is 0.464. The van der Waals surface area contributed by atoms with Gasteiger partial charge < -0.3 is 4.74 Å². The number of aliphatic imine (C=N–C) groups is 1. The standard InChI is InChI=1S/C4H3FNO/c5-1-4-2-7-3-6-4/h4H,1H2. The topological polar surface area (TPSA) is 21.6 Å². The lowest BCUT2D eigenvalue weighted by atomic mass is 10.4. The number of alkyl halides is 1. The van der Waals surface area contributed by atoms with Crippen molar-refractivity contribution in [1.82, 2.24) is 0 Å². The van der Waals surface area contributed by atoms with E-state index in [2.05, 4.69) is 22.7 Å². The Morgan fingerprint density at radius 3 is 3.00 bits per heavy atom. The van der Waals surface area contributed by atoms with Crippen molar-refractivity contribution in [3.8, 4) is 0 Å². The number of rotatable bonds is 1. The van der Waals surface area contributed by atoms with E-state index >= 15 is 0 Å². The molecule has 37 valence electrons. The molecule has 0 aliphatic carbocycles. The van der Waals surface area contributed by atoms with Crippen LogP contribution in [-0.4, -0.2) is 19.1 Å². The predicted octanol–water partition coefficient (Wildman–Crippen LogP) is 0.299. The van der Waals surface area contributed by atoms with Crippen molar-refractivity contribution in [2.45, 2.75) is 6.04 Å². The summed E-state index contributed by atoms with van der Waals surface area (Å²) in [6.45, 7) is 1.70. The van der Waals surface area contributed by atoms with Gasteiger partial charge in [-0.2, -0.15) is 0 Å². The number of hydrogen-bond acceptors (Lipinski definition) is 2. The lowest BCUT2D eigenvalue weighted by Gasteiger charge is -1.89. The zero-order chi connectivity index (χ0) is 5.11. The van der Waals surface area contributed by atoms with Crippen LogP contribution in [0.1, 0.15) is 0 Å². The molecular weight excluding hydrogens is 97.0 g/mol. The molecule has 1 heterocycles. The molecule has 0 aromatic rings. The molecule has 0 saturated carbocycles. The molecule has 1 rings (SSSR count). The second kappa shape index (κ2) is 1.91. The molecule has 2 nitrogen and oxygen atoms in total. The van der Waals surface area contributed by atoms with Crippen molar-refractivity contribution < 1.29 is 9.13 Å². The highest BCUT2D eigenvalue weighted by molar-refractivity contribution is 5.50. The van der Waals surface area contributed by atoms with Crippen LogP contribution in [0.25, 0.3) is 0 Å². The number of nitrogens with zero attached hydrogens (tertiary/aromatic N) is 1. The van der Waals surface area contributed by atoms with Crippen LogP contribution >= 0.6 is 0 Å². The summed E-state index contributed by atoms with van der Waals surface area (Å²) < 4.78 is 15.7. The van der Waals surface area contributed by atoms with E-state index in [9.17, 15) is 4.39 Å². The van der Waals surface area contributed by atoms with Crippen LogP contribution in [0.2, 0.25) is 0 Å². The molecular formula is C4H3FNO. The van der Waals surface area contributed by atoms with E-state index in [1.807, 2.05) is 0 Å². The Bertz CT molecular complexity index is 83.8. The predicted molar refractivity (Wildman–Crippen MR) is 21.5 cm³/mol. The van der Waals surface area contributed by atoms with Gasteiger partial charge in [0, 0.05) is 0 Å². The normalized spacial score (nSPS) is 27.9. The minimum Gasteiger partial charge on any atom is -0.456 e. The second-order valence-electron chi connectivity index (χ2n) is 1.11. The Morgan fingerprint density at radius 1 is 1.86 bits per heavy atom. The van der Waals surface area contributed by atoms with E-state index < -0.39 is 12.7 Å². The van der Waals surface area contributed by atoms with Crippen molar-refractivity contribution in [3.05, 3.63) is 6.61 Å². The molecule has 1 unspecified atom stereocenters. The summed E-state index contributed by atoms with van der Waals surface area (Å²) in [5.74, 6) is 0. The van der Waals surface area contributed by atoms with Gasteiger partial charge in [-0.05, 0) is 0 Å². The van der Waals surface area contributed by atoms with Crippen molar-refractivity contribution in [3.63, 3.8) is 0 Å². The van der Waals surface area contributed by atoms with Crippen LogP contribution in [0.5, 0.6) is 0 Å². The molecule has 1 aliphatic heterocycles. The minimum absolute atomic E-state index is 0.528. The third-order valence-electron chi connectivity index (χ3n) is 0.595. The highest BCUT2D eigenvalue weighted by Gasteiger charge is 2.12. The van der Waals surface area contributed by atoms with Crippen molar-refractivity contribution in [2.75, 3.05) is 6.67 Å². The Labute approximate surface area is 41.0 Å². The van der Waals surface area contributed by atoms with Crippen LogP contribution in [0, 0.1) is 6.61 Å². The maximum atomic E-state index is 11.4. The first-order valence-electron chi connectivity index (χ1n) is 1.85. The molecule has 3 radical (unpaired) electrons. The zero-order valence-electron chi connectivity index (χ0n) is 3.52. The molecule has 0 bridgehead atoms. The van der Waals surface area contributed by atoms with E-state index in [1.54, 1.807) is 0 Å². The van der Waals surface area contributed by atoms with Gasteiger partial charge in [0.15, 0.2) is 0 Å². The SMILES string of the molecule is FCC1[C]O[C]=N1. The van der Waals surface area contributed by atoms with Crippen LogP contribution in [0.4, 0.5) is 4.39 Å². The van der Waals surface area contributed by atoms with Gasteiger partial charge in [0.2, 0.25) is 6.61 Å². The smallest absolute Gasteiger partial charge is 0.274 e. The molecule has 1 atom stereocenters. The summed E-state index contributed by atoms with van der Waals surface area (Å²) in [6.07, 6.45) is 2.10. The maximum Gasteiger partial charge on any atom is 0.274 e. The van der Waals surface area contributed by atoms with Crippen molar-refractivity contribution in [2.24, 2.45) is 4.99 Å². The molecule has 0 amide bonds. The number of halogens is 1. The second-order valence-corrected chi connectivity index (χ2v) is 1.11. The number of hydrogen-bond donors (Lipinski definition) is 0. The Kier molecular flexibility index (Phi) is 1.24. The fourth-order valence-electron chi connectivity index (χ4n) is 0.277. The fraction of sp³-hybridized carbons (Fsp3) is 0.500. The lowest BCUT2D eigenvalue weighted by molar-refractivity contribution is 0.371. The first kappa shape index (κ1) is 4.56. The largest absolute Gasteiger partial charge is 0.456 e. The first-order chi connectivity index (χ1) is 3.43. The monoisotopic (exact) mass is 100 g/mol. The van der Waals surface area contributed by atoms with Crippen molar-refractivity contribution >= 4 is 6.40 Å². The Balaban J connectivity index is 2.28. The van der Waals surface area contributed by atoms with Crippen LogP contribution in [-0.2, 0) is 4.74 Å². The first-order valence-corrected chi connectivity index (χ1v) is 1.85. The van der Waals surface area contributed by atoms with Gasteiger partial charge in [0.05, 0.1) is 0 Å². The average molecular weight is 100 g/mol. The average Bonchev–Trinajstić information content (AvgIpc) is 2.14. The fourth-order valence-corrected chi connectivity index (χ4v) is 0.277. The molecule has 0 N–H and O–H groups in total. The zero-order valence-corrected chi connectivity index (χ0v) is 3.52. The molecule has 0 spiro atoms. The summed E-state index contributed by atoms with van der Waals surface area (Å²) in [5, 5.41) is 0. The van der Waals surface area contributed by atoms with Gasteiger partial charge >= 0.3 is 0 Å². The molecule has 0 fully saturated rings.